The number of furan rings is 2. The number of para-hydroxylation sites is 4. The molecule has 0 aliphatic carbocycles. The molecule has 0 saturated heterocycles. The second-order valence-electron chi connectivity index (χ2n) is 15.2. The molecule has 0 atom stereocenters. The molecule has 0 fully saturated rings. The highest BCUT2D eigenvalue weighted by Crippen LogP contribution is 2.38. The monoisotopic (exact) mass is 758 g/mol. The topological polar surface area (TPSA) is 69.9 Å². The lowest BCUT2D eigenvalue weighted by atomic mass is 9.99. The molecule has 0 aliphatic heterocycles. The molecule has 0 saturated carbocycles. The van der Waals surface area contributed by atoms with Crippen LogP contribution in [-0.4, -0.2) is 19.5 Å². The van der Waals surface area contributed by atoms with E-state index < -0.39 is 0 Å². The Hall–Kier alpha value is -7.83. The molecule has 0 radical (unpaired) electrons. The number of nitrogens with zero attached hydrogens (tertiary/aromatic N) is 4. The maximum absolute atomic E-state index is 6.48. The van der Waals surface area contributed by atoms with Gasteiger partial charge in [0, 0.05) is 50.0 Å². The first-order valence-corrected chi connectivity index (χ1v) is 19.9. The minimum absolute atomic E-state index is 0.490. The summed E-state index contributed by atoms with van der Waals surface area (Å²) < 4.78 is 15.3. The van der Waals surface area contributed by atoms with Crippen molar-refractivity contribution in [1.82, 2.24) is 19.5 Å². The van der Waals surface area contributed by atoms with Gasteiger partial charge in [-0.1, -0.05) is 121 Å². The fourth-order valence-electron chi connectivity index (χ4n) is 8.85. The molecule has 6 heteroatoms. The quantitative estimate of drug-likeness (QED) is 0.162. The van der Waals surface area contributed by atoms with E-state index in [0.29, 0.717) is 23.9 Å². The van der Waals surface area contributed by atoms with Gasteiger partial charge in [0.1, 0.15) is 28.2 Å². The summed E-state index contributed by atoms with van der Waals surface area (Å²) in [4.78, 5) is 15.3. The Morgan fingerprint density at radius 2 is 1.08 bits per heavy atom. The van der Waals surface area contributed by atoms with Gasteiger partial charge in [-0.25, -0.2) is 15.0 Å². The Labute approximate surface area is 338 Å². The smallest absolute Gasteiger partial charge is 0.167 e. The van der Waals surface area contributed by atoms with Crippen molar-refractivity contribution in [1.29, 1.82) is 0 Å². The first kappa shape index (κ1) is 33.3. The van der Waals surface area contributed by atoms with Crippen LogP contribution in [0, 0.1) is 0 Å². The number of aromatic nitrogens is 4. The van der Waals surface area contributed by atoms with E-state index in [1.807, 2.05) is 66.7 Å². The number of fused-ring (bicyclic) bond motifs is 9. The second kappa shape index (κ2) is 13.4. The average molecular weight is 759 g/mol. The lowest BCUT2D eigenvalue weighted by molar-refractivity contribution is 0.668. The van der Waals surface area contributed by atoms with Crippen molar-refractivity contribution in [3.05, 3.63) is 205 Å². The molecule has 0 aliphatic rings. The molecule has 59 heavy (non-hydrogen) atoms. The minimum Gasteiger partial charge on any atom is -0.456 e. The predicted octanol–water partition coefficient (Wildman–Crippen LogP) is 13.3. The normalized spacial score (nSPS) is 11.9. The number of benzene rings is 8. The van der Waals surface area contributed by atoms with E-state index in [4.69, 9.17) is 23.8 Å². The van der Waals surface area contributed by atoms with E-state index in [1.165, 1.54) is 32.9 Å². The Morgan fingerprint density at radius 1 is 0.424 bits per heavy atom. The predicted molar refractivity (Wildman–Crippen MR) is 238 cm³/mol. The molecule has 0 amide bonds. The van der Waals surface area contributed by atoms with Crippen LogP contribution in [0.2, 0.25) is 0 Å². The Balaban J connectivity index is 0.947. The molecule has 278 valence electrons. The summed E-state index contributed by atoms with van der Waals surface area (Å²) in [5.41, 5.74) is 12.2. The zero-order valence-electron chi connectivity index (χ0n) is 31.8. The first-order chi connectivity index (χ1) is 29.2. The van der Waals surface area contributed by atoms with Crippen molar-refractivity contribution in [2.75, 3.05) is 0 Å². The van der Waals surface area contributed by atoms with Crippen molar-refractivity contribution in [2.24, 2.45) is 0 Å². The van der Waals surface area contributed by atoms with E-state index in [0.717, 1.165) is 72.7 Å². The Kier molecular flexibility index (Phi) is 7.56. The van der Waals surface area contributed by atoms with Gasteiger partial charge in [-0.2, -0.15) is 0 Å². The summed E-state index contributed by atoms with van der Waals surface area (Å²) in [6.07, 6.45) is 1.28. The van der Waals surface area contributed by atoms with Crippen molar-refractivity contribution >= 4 is 65.7 Å². The van der Waals surface area contributed by atoms with Gasteiger partial charge in [0.05, 0.1) is 16.6 Å². The second-order valence-corrected chi connectivity index (χ2v) is 15.2. The molecular formula is C53H34N4O2. The van der Waals surface area contributed by atoms with Gasteiger partial charge in [-0.15, -0.1) is 0 Å². The van der Waals surface area contributed by atoms with E-state index in [1.54, 1.807) is 0 Å². The van der Waals surface area contributed by atoms with E-state index >= 15 is 0 Å². The average Bonchev–Trinajstić information content (AvgIpc) is 3.97. The van der Waals surface area contributed by atoms with Crippen LogP contribution in [0.5, 0.6) is 0 Å². The molecule has 0 spiro atoms. The lowest BCUT2D eigenvalue weighted by Crippen LogP contribution is -2.04. The van der Waals surface area contributed by atoms with Crippen LogP contribution in [0.25, 0.3) is 94.1 Å². The van der Waals surface area contributed by atoms with Crippen LogP contribution >= 0.6 is 0 Å². The number of hydrogen-bond acceptors (Lipinski definition) is 5. The van der Waals surface area contributed by atoms with Crippen LogP contribution < -0.4 is 0 Å². The van der Waals surface area contributed by atoms with E-state index in [9.17, 15) is 0 Å². The standard InChI is InChI=1S/C53H34N4O2/c1-3-13-35(14-4-1)52-54-49(55-53(56-52)41-21-12-20-40-39-19-8-10-23-46(39)59-51(40)41)32-36-15-11-24-48-50(36)43-31-34(26-28-47(43)58-48)29-33-25-27-45-42(30-33)38-18-7-9-22-44(38)57(45)37-16-5-2-6-17-37/h1-28,30-31H,29,32H2. The van der Waals surface area contributed by atoms with Gasteiger partial charge >= 0.3 is 0 Å². The molecule has 8 aromatic carbocycles. The Bertz CT molecular complexity index is 3560. The van der Waals surface area contributed by atoms with Crippen molar-refractivity contribution in [3.63, 3.8) is 0 Å². The third-order valence-electron chi connectivity index (χ3n) is 11.5. The molecule has 0 unspecified atom stereocenters. The molecule has 4 heterocycles. The maximum atomic E-state index is 6.48. The maximum Gasteiger partial charge on any atom is 0.167 e. The number of hydrogen-bond donors (Lipinski definition) is 0. The Morgan fingerprint density at radius 3 is 1.97 bits per heavy atom. The highest BCUT2D eigenvalue weighted by Gasteiger charge is 2.19. The summed E-state index contributed by atoms with van der Waals surface area (Å²) in [6, 6.07) is 63.4. The largest absolute Gasteiger partial charge is 0.456 e. The molecule has 4 aromatic heterocycles. The summed E-state index contributed by atoms with van der Waals surface area (Å²) in [5.74, 6) is 1.87. The highest BCUT2D eigenvalue weighted by atomic mass is 16.3. The number of rotatable bonds is 7. The summed E-state index contributed by atoms with van der Waals surface area (Å²) in [6.45, 7) is 0. The fraction of sp³-hybridized carbons (Fsp3) is 0.0377. The van der Waals surface area contributed by atoms with Crippen LogP contribution in [-0.2, 0) is 12.8 Å². The van der Waals surface area contributed by atoms with Gasteiger partial charge in [-0.3, -0.25) is 0 Å². The van der Waals surface area contributed by atoms with Crippen LogP contribution in [0.15, 0.2) is 191 Å². The SMILES string of the molecule is c1ccc(-c2nc(Cc3cccc4oc5ccc(Cc6ccc7c(c6)c6ccccc6n7-c6ccccc6)cc5c34)nc(-c3cccc4c3oc3ccccc34)n2)cc1. The third-order valence-corrected chi connectivity index (χ3v) is 11.5. The molecule has 6 nitrogen and oxygen atoms in total. The summed E-state index contributed by atoms with van der Waals surface area (Å²) in [5, 5.41) is 6.76. The fourth-order valence-corrected chi connectivity index (χ4v) is 8.85. The van der Waals surface area contributed by atoms with Crippen LogP contribution in [0.3, 0.4) is 0 Å². The zero-order chi connectivity index (χ0) is 38.9. The highest BCUT2D eigenvalue weighted by molar-refractivity contribution is 6.11. The van der Waals surface area contributed by atoms with Gasteiger partial charge in [0.15, 0.2) is 11.6 Å². The van der Waals surface area contributed by atoms with E-state index in [-0.39, 0.29) is 0 Å². The van der Waals surface area contributed by atoms with Gasteiger partial charge < -0.3 is 13.4 Å². The van der Waals surface area contributed by atoms with Crippen molar-refractivity contribution < 1.29 is 8.83 Å². The summed E-state index contributed by atoms with van der Waals surface area (Å²) >= 11 is 0. The van der Waals surface area contributed by atoms with Gasteiger partial charge in [0.25, 0.3) is 0 Å². The lowest BCUT2D eigenvalue weighted by Gasteiger charge is -2.09. The minimum atomic E-state index is 0.490. The van der Waals surface area contributed by atoms with E-state index in [2.05, 4.69) is 120 Å². The van der Waals surface area contributed by atoms with Crippen LogP contribution in [0.4, 0.5) is 0 Å². The molecule has 0 bridgehead atoms. The third kappa shape index (κ3) is 5.60. The van der Waals surface area contributed by atoms with Crippen molar-refractivity contribution in [3.8, 4) is 28.5 Å². The molecular weight excluding hydrogens is 725 g/mol. The summed E-state index contributed by atoms with van der Waals surface area (Å²) in [7, 11) is 0. The molecule has 0 N–H and O–H groups in total. The molecule has 12 rings (SSSR count). The van der Waals surface area contributed by atoms with Gasteiger partial charge in [-0.05, 0) is 83.8 Å². The molecule has 12 aromatic rings. The van der Waals surface area contributed by atoms with Crippen LogP contribution in [0.1, 0.15) is 22.5 Å². The first-order valence-electron chi connectivity index (χ1n) is 19.9. The van der Waals surface area contributed by atoms with Crippen molar-refractivity contribution in [2.45, 2.75) is 12.8 Å². The van der Waals surface area contributed by atoms with Gasteiger partial charge in [0.2, 0.25) is 0 Å². The zero-order valence-corrected chi connectivity index (χ0v) is 31.8.